The fourth-order valence-electron chi connectivity index (χ4n) is 2.49. The molecule has 1 atom stereocenters. The third-order valence-corrected chi connectivity index (χ3v) is 7.20. The zero-order valence-corrected chi connectivity index (χ0v) is 19.3. The second-order valence-corrected chi connectivity index (χ2v) is 10.2. The van der Waals surface area contributed by atoms with Gasteiger partial charge in [0, 0.05) is 11.8 Å². The van der Waals surface area contributed by atoms with E-state index in [0.29, 0.717) is 16.6 Å². The largest absolute Gasteiger partial charge is 0.493 e. The molecule has 0 saturated heterocycles. The van der Waals surface area contributed by atoms with E-state index >= 15 is 0 Å². The highest BCUT2D eigenvalue weighted by molar-refractivity contribution is 8.01. The van der Waals surface area contributed by atoms with Gasteiger partial charge in [0.05, 0.1) is 26.2 Å². The third kappa shape index (κ3) is 5.97. The van der Waals surface area contributed by atoms with E-state index in [9.17, 15) is 13.2 Å². The van der Waals surface area contributed by atoms with E-state index in [-0.39, 0.29) is 5.69 Å². The first-order chi connectivity index (χ1) is 13.7. The summed E-state index contributed by atoms with van der Waals surface area (Å²) in [6, 6.07) is 3.61. The number of amides is 1. The van der Waals surface area contributed by atoms with Gasteiger partial charge in [0.1, 0.15) is 6.04 Å². The van der Waals surface area contributed by atoms with Gasteiger partial charge in [-0.3, -0.25) is 14.4 Å². The van der Waals surface area contributed by atoms with Crippen LogP contribution < -0.4 is 19.1 Å². The third-order valence-electron chi connectivity index (χ3n) is 3.78. The minimum atomic E-state index is -3.77. The number of nitrogens with one attached hydrogen (secondary N) is 1. The molecule has 0 aliphatic carbocycles. The van der Waals surface area contributed by atoms with Crippen LogP contribution in [0.2, 0.25) is 0 Å². The number of methoxy groups -OCH3 is 2. The van der Waals surface area contributed by atoms with Gasteiger partial charge >= 0.3 is 0 Å². The smallest absolute Gasteiger partial charge is 0.249 e. The Balaban J connectivity index is 2.26. The lowest BCUT2D eigenvalue weighted by atomic mass is 10.2. The Morgan fingerprint density at radius 2 is 1.97 bits per heavy atom. The van der Waals surface area contributed by atoms with Crippen LogP contribution in [0.3, 0.4) is 0 Å². The molecule has 1 amide bonds. The molecule has 1 aromatic heterocycles. The maximum atomic E-state index is 12.7. The normalized spacial score (nSPS) is 12.3. The molecule has 2 aromatic rings. The van der Waals surface area contributed by atoms with Crippen LogP contribution >= 0.6 is 23.1 Å². The van der Waals surface area contributed by atoms with Gasteiger partial charge < -0.3 is 9.47 Å². The van der Waals surface area contributed by atoms with Crippen molar-refractivity contribution >= 4 is 49.8 Å². The Morgan fingerprint density at radius 1 is 1.28 bits per heavy atom. The maximum absolute atomic E-state index is 12.7. The zero-order valence-electron chi connectivity index (χ0n) is 16.8. The lowest BCUT2D eigenvalue weighted by molar-refractivity contribution is -0.116. The number of hydrogen-bond donors (Lipinski definition) is 1. The van der Waals surface area contributed by atoms with Crippen molar-refractivity contribution in [2.75, 3.05) is 35.9 Å². The second-order valence-electron chi connectivity index (χ2n) is 5.98. The zero-order chi connectivity index (χ0) is 21.6. The van der Waals surface area contributed by atoms with Gasteiger partial charge in [-0.1, -0.05) is 30.0 Å². The van der Waals surface area contributed by atoms with Crippen molar-refractivity contribution in [3.05, 3.63) is 18.2 Å². The molecule has 0 aliphatic rings. The van der Waals surface area contributed by atoms with Crippen molar-refractivity contribution in [2.45, 2.75) is 30.6 Å². The number of ether oxygens (including phenoxy) is 2. The van der Waals surface area contributed by atoms with Crippen molar-refractivity contribution in [3.63, 3.8) is 0 Å². The standard InChI is InChI=1S/C17H24N4O5S3/c1-6-9-27-17-20-19-16(28-17)18-15(22)11(2)21(29(5,23)24)12-7-8-13(25-3)14(10-12)26-4/h7-8,10-11H,6,9H2,1-5H3,(H,18,19,22)/t11-/m0/s1. The average Bonchev–Trinajstić information content (AvgIpc) is 3.12. The van der Waals surface area contributed by atoms with Crippen molar-refractivity contribution in [2.24, 2.45) is 0 Å². The van der Waals surface area contributed by atoms with Crippen LogP contribution in [0.4, 0.5) is 10.8 Å². The maximum Gasteiger partial charge on any atom is 0.249 e. The van der Waals surface area contributed by atoms with E-state index in [1.807, 2.05) is 0 Å². The van der Waals surface area contributed by atoms with E-state index in [1.165, 1.54) is 38.5 Å². The number of nitrogens with zero attached hydrogens (tertiary/aromatic N) is 3. The lowest BCUT2D eigenvalue weighted by Gasteiger charge is -2.28. The van der Waals surface area contributed by atoms with Crippen LogP contribution in [0.5, 0.6) is 11.5 Å². The molecule has 0 spiro atoms. The second kappa shape index (κ2) is 10.1. The summed E-state index contributed by atoms with van der Waals surface area (Å²) < 4.78 is 37.1. The number of rotatable bonds is 10. The molecule has 160 valence electrons. The van der Waals surface area contributed by atoms with Crippen LogP contribution in [-0.2, 0) is 14.8 Å². The molecule has 0 bridgehead atoms. The monoisotopic (exact) mass is 460 g/mol. The fraction of sp³-hybridized carbons (Fsp3) is 0.471. The minimum absolute atomic E-state index is 0.282. The van der Waals surface area contributed by atoms with Crippen LogP contribution in [0.15, 0.2) is 22.5 Å². The van der Waals surface area contributed by atoms with Crippen LogP contribution in [-0.4, -0.2) is 56.8 Å². The van der Waals surface area contributed by atoms with Gasteiger partial charge in [-0.2, -0.15) is 0 Å². The van der Waals surface area contributed by atoms with Gasteiger partial charge in [0.2, 0.25) is 21.1 Å². The average molecular weight is 461 g/mol. The predicted octanol–water partition coefficient (Wildman–Crippen LogP) is 2.85. The Bertz CT molecular complexity index is 948. The Kier molecular flexibility index (Phi) is 8.11. The molecule has 0 saturated carbocycles. The van der Waals surface area contributed by atoms with Crippen molar-refractivity contribution in [1.82, 2.24) is 10.2 Å². The first kappa shape index (κ1) is 23.2. The molecular weight excluding hydrogens is 436 g/mol. The summed E-state index contributed by atoms with van der Waals surface area (Å²) in [5.41, 5.74) is 0.282. The summed E-state index contributed by atoms with van der Waals surface area (Å²) in [5.74, 6) is 1.19. The first-order valence-corrected chi connectivity index (χ1v) is 12.3. The predicted molar refractivity (Wildman–Crippen MR) is 116 cm³/mol. The van der Waals surface area contributed by atoms with E-state index in [1.54, 1.807) is 23.9 Å². The van der Waals surface area contributed by atoms with Crippen LogP contribution in [0, 0.1) is 0 Å². The van der Waals surface area contributed by atoms with Crippen LogP contribution in [0.25, 0.3) is 0 Å². The molecule has 1 aromatic carbocycles. The highest BCUT2D eigenvalue weighted by atomic mass is 32.2. The van der Waals surface area contributed by atoms with Crippen molar-refractivity contribution in [3.8, 4) is 11.5 Å². The Hall–Kier alpha value is -2.05. The van der Waals surface area contributed by atoms with Gasteiger partial charge in [-0.05, 0) is 25.5 Å². The molecule has 1 N–H and O–H groups in total. The topological polar surface area (TPSA) is 111 Å². The first-order valence-electron chi connectivity index (χ1n) is 8.69. The Morgan fingerprint density at radius 3 is 2.55 bits per heavy atom. The summed E-state index contributed by atoms with van der Waals surface area (Å²) in [6.45, 7) is 3.56. The molecule has 0 unspecified atom stereocenters. The molecule has 29 heavy (non-hydrogen) atoms. The number of sulfonamides is 1. The summed E-state index contributed by atoms with van der Waals surface area (Å²) in [5, 5.41) is 10.9. The Labute approximate surface area is 178 Å². The van der Waals surface area contributed by atoms with E-state index in [4.69, 9.17) is 9.47 Å². The van der Waals surface area contributed by atoms with Gasteiger partial charge in [0.15, 0.2) is 15.8 Å². The highest BCUT2D eigenvalue weighted by Crippen LogP contribution is 2.33. The number of carbonyl (C=O) groups excluding carboxylic acids is 1. The van der Waals surface area contributed by atoms with E-state index < -0.39 is 22.0 Å². The molecule has 0 radical (unpaired) electrons. The summed E-state index contributed by atoms with van der Waals surface area (Å²) in [7, 11) is -0.833. The molecule has 0 aliphatic heterocycles. The number of benzene rings is 1. The molecule has 2 rings (SSSR count). The molecule has 0 fully saturated rings. The summed E-state index contributed by atoms with van der Waals surface area (Å²) >= 11 is 2.80. The molecule has 9 nitrogen and oxygen atoms in total. The van der Waals surface area contributed by atoms with Crippen molar-refractivity contribution < 1.29 is 22.7 Å². The number of anilines is 2. The number of aromatic nitrogens is 2. The van der Waals surface area contributed by atoms with Gasteiger partial charge in [-0.25, -0.2) is 8.42 Å². The lowest BCUT2D eigenvalue weighted by Crippen LogP contribution is -2.45. The van der Waals surface area contributed by atoms with E-state index in [2.05, 4.69) is 22.4 Å². The number of carbonyl (C=O) groups is 1. The number of thioether (sulfide) groups is 1. The fourth-order valence-corrected chi connectivity index (χ4v) is 5.34. The summed E-state index contributed by atoms with van der Waals surface area (Å²) in [6.07, 6.45) is 2.04. The molecule has 12 heteroatoms. The van der Waals surface area contributed by atoms with Gasteiger partial charge in [0.25, 0.3) is 0 Å². The summed E-state index contributed by atoms with van der Waals surface area (Å²) in [4.78, 5) is 12.7. The quantitative estimate of drug-likeness (QED) is 0.426. The van der Waals surface area contributed by atoms with Crippen molar-refractivity contribution in [1.29, 1.82) is 0 Å². The SMILES string of the molecule is CCCSc1nnc(NC(=O)[C@H](C)N(c2ccc(OC)c(OC)c2)S(C)(=O)=O)s1. The van der Waals surface area contributed by atoms with Gasteiger partial charge in [-0.15, -0.1) is 10.2 Å². The minimum Gasteiger partial charge on any atom is -0.493 e. The molecular formula is C17H24N4O5S3. The van der Waals surface area contributed by atoms with Crippen LogP contribution in [0.1, 0.15) is 20.3 Å². The highest BCUT2D eigenvalue weighted by Gasteiger charge is 2.30. The van der Waals surface area contributed by atoms with E-state index in [0.717, 1.165) is 27.1 Å². The number of hydrogen-bond acceptors (Lipinski definition) is 9. The molecule has 1 heterocycles.